The maximum atomic E-state index is 12.5. The Balaban J connectivity index is 2.75. The number of hydrogen-bond donors (Lipinski definition) is 1. The molecule has 160 valence electrons. The van der Waals surface area contributed by atoms with Crippen molar-refractivity contribution in [1.29, 1.82) is 0 Å². The van der Waals surface area contributed by atoms with Crippen molar-refractivity contribution in [3.05, 3.63) is 0 Å². The van der Waals surface area contributed by atoms with Crippen LogP contribution in [0.4, 0.5) is 4.79 Å². The molecule has 0 aromatic heterocycles. The highest BCUT2D eigenvalue weighted by atomic mass is 28.4. The van der Waals surface area contributed by atoms with E-state index in [9.17, 15) is 4.79 Å². The van der Waals surface area contributed by atoms with Gasteiger partial charge in [0, 0.05) is 32.2 Å². The minimum atomic E-state index is -1.79. The van der Waals surface area contributed by atoms with Crippen LogP contribution in [-0.2, 0) is 9.16 Å². The third kappa shape index (κ3) is 8.12. The number of amides is 1. The standard InChI is InChI=1S/C21H44N2O3Si/c1-16(2)11-22-12-17-13-23(19(24)26-20(3,4)5)14-18(17)15-25-27(9,10)21(6,7)8/h16-18,22H,11-15H2,1-10H3. The molecule has 2 unspecified atom stereocenters. The first-order valence-electron chi connectivity index (χ1n) is 10.4. The monoisotopic (exact) mass is 400 g/mol. The molecule has 0 saturated carbocycles. The zero-order valence-electron chi connectivity index (χ0n) is 19.4. The molecular weight excluding hydrogens is 356 g/mol. The van der Waals surface area contributed by atoms with Gasteiger partial charge in [0.05, 0.1) is 0 Å². The van der Waals surface area contributed by atoms with Gasteiger partial charge in [-0.25, -0.2) is 4.79 Å². The molecule has 1 rings (SSSR count). The molecule has 27 heavy (non-hydrogen) atoms. The number of carbonyl (C=O) groups excluding carboxylic acids is 1. The van der Waals surface area contributed by atoms with E-state index >= 15 is 0 Å². The fraction of sp³-hybridized carbons (Fsp3) is 0.952. The molecule has 1 heterocycles. The number of nitrogens with one attached hydrogen (secondary N) is 1. The van der Waals surface area contributed by atoms with E-state index in [1.165, 1.54) is 0 Å². The Labute approximate surface area is 168 Å². The van der Waals surface area contributed by atoms with Crippen molar-refractivity contribution in [3.8, 4) is 0 Å². The number of hydrogen-bond acceptors (Lipinski definition) is 4. The molecule has 2 atom stereocenters. The Morgan fingerprint density at radius 2 is 1.67 bits per heavy atom. The smallest absolute Gasteiger partial charge is 0.410 e. The molecule has 5 nitrogen and oxygen atoms in total. The summed E-state index contributed by atoms with van der Waals surface area (Å²) in [6.45, 7) is 25.7. The van der Waals surface area contributed by atoms with Gasteiger partial charge in [0.25, 0.3) is 0 Å². The zero-order chi connectivity index (χ0) is 21.0. The maximum absolute atomic E-state index is 12.5. The van der Waals surface area contributed by atoms with E-state index in [-0.39, 0.29) is 11.1 Å². The van der Waals surface area contributed by atoms with Crippen LogP contribution in [0.5, 0.6) is 0 Å². The van der Waals surface area contributed by atoms with Gasteiger partial charge in [0.2, 0.25) is 0 Å². The van der Waals surface area contributed by atoms with Crippen molar-refractivity contribution in [2.75, 3.05) is 32.8 Å². The van der Waals surface area contributed by atoms with Crippen molar-refractivity contribution in [3.63, 3.8) is 0 Å². The average molecular weight is 401 g/mol. The van der Waals surface area contributed by atoms with Crippen LogP contribution in [-0.4, -0.2) is 57.7 Å². The van der Waals surface area contributed by atoms with E-state index in [0.29, 0.717) is 17.8 Å². The first kappa shape index (κ1) is 24.4. The number of likely N-dealkylation sites (tertiary alicyclic amines) is 1. The van der Waals surface area contributed by atoms with Crippen molar-refractivity contribution in [1.82, 2.24) is 10.2 Å². The molecule has 1 saturated heterocycles. The molecule has 0 bridgehead atoms. The van der Waals surface area contributed by atoms with Gasteiger partial charge in [-0.2, -0.15) is 0 Å². The third-order valence-corrected chi connectivity index (χ3v) is 10.2. The van der Waals surface area contributed by atoms with Gasteiger partial charge in [-0.3, -0.25) is 0 Å². The summed E-state index contributed by atoms with van der Waals surface area (Å²) in [6, 6.07) is 0. The van der Waals surface area contributed by atoms with Gasteiger partial charge in [-0.05, 0) is 57.3 Å². The van der Waals surface area contributed by atoms with E-state index in [1.807, 2.05) is 25.7 Å². The lowest BCUT2D eigenvalue weighted by Crippen LogP contribution is -2.43. The molecule has 0 spiro atoms. The Morgan fingerprint density at radius 1 is 1.11 bits per heavy atom. The van der Waals surface area contributed by atoms with Crippen LogP contribution in [0.2, 0.25) is 18.1 Å². The van der Waals surface area contributed by atoms with Crippen LogP contribution in [0.1, 0.15) is 55.4 Å². The number of rotatable bonds is 7. The van der Waals surface area contributed by atoms with Crippen LogP contribution in [0, 0.1) is 17.8 Å². The van der Waals surface area contributed by atoms with Crippen LogP contribution in [0.3, 0.4) is 0 Å². The van der Waals surface area contributed by atoms with Gasteiger partial charge in [0.15, 0.2) is 8.32 Å². The van der Waals surface area contributed by atoms with Crippen LogP contribution in [0.25, 0.3) is 0 Å². The van der Waals surface area contributed by atoms with Gasteiger partial charge in [-0.15, -0.1) is 0 Å². The van der Waals surface area contributed by atoms with Gasteiger partial charge < -0.3 is 19.4 Å². The number of ether oxygens (including phenoxy) is 1. The summed E-state index contributed by atoms with van der Waals surface area (Å²) >= 11 is 0. The third-order valence-electron chi connectivity index (χ3n) is 5.65. The van der Waals surface area contributed by atoms with Crippen LogP contribution in [0.15, 0.2) is 0 Å². The van der Waals surface area contributed by atoms with Gasteiger partial charge in [0.1, 0.15) is 5.60 Å². The molecule has 0 aliphatic carbocycles. The fourth-order valence-electron chi connectivity index (χ4n) is 2.92. The fourth-order valence-corrected chi connectivity index (χ4v) is 3.99. The molecule has 0 aromatic rings. The Bertz CT molecular complexity index is 481. The summed E-state index contributed by atoms with van der Waals surface area (Å²) in [6.07, 6.45) is -0.203. The lowest BCUT2D eigenvalue weighted by atomic mass is 9.97. The second-order valence-corrected chi connectivity index (χ2v) is 15.8. The quantitative estimate of drug-likeness (QED) is 0.627. The minimum Gasteiger partial charge on any atom is -0.444 e. The van der Waals surface area contributed by atoms with Gasteiger partial charge in [-0.1, -0.05) is 34.6 Å². The second kappa shape index (κ2) is 9.27. The number of nitrogens with zero attached hydrogens (tertiary/aromatic N) is 1. The highest BCUT2D eigenvalue weighted by Gasteiger charge is 2.41. The molecule has 1 fully saturated rings. The predicted molar refractivity (Wildman–Crippen MR) is 116 cm³/mol. The molecule has 1 aliphatic heterocycles. The first-order valence-corrected chi connectivity index (χ1v) is 13.4. The summed E-state index contributed by atoms with van der Waals surface area (Å²) in [5.74, 6) is 1.38. The average Bonchev–Trinajstić information content (AvgIpc) is 2.85. The molecule has 1 N–H and O–H groups in total. The molecule has 0 aromatic carbocycles. The molecule has 0 radical (unpaired) electrons. The van der Waals surface area contributed by atoms with E-state index in [0.717, 1.165) is 32.8 Å². The summed E-state index contributed by atoms with van der Waals surface area (Å²) in [7, 11) is -1.79. The van der Waals surface area contributed by atoms with E-state index in [2.05, 4.69) is 53.0 Å². The lowest BCUT2D eigenvalue weighted by molar-refractivity contribution is 0.0281. The molecule has 6 heteroatoms. The number of carbonyl (C=O) groups is 1. The van der Waals surface area contributed by atoms with E-state index < -0.39 is 13.9 Å². The molecule has 1 amide bonds. The highest BCUT2D eigenvalue weighted by Crippen LogP contribution is 2.37. The Hall–Kier alpha value is -0.593. The first-order chi connectivity index (χ1) is 12.1. The van der Waals surface area contributed by atoms with Crippen LogP contribution >= 0.6 is 0 Å². The summed E-state index contributed by atoms with van der Waals surface area (Å²) in [5, 5.41) is 3.77. The lowest BCUT2D eigenvalue weighted by Gasteiger charge is -2.37. The Kier molecular flexibility index (Phi) is 8.39. The molecular formula is C21H44N2O3Si. The topological polar surface area (TPSA) is 50.8 Å². The predicted octanol–water partition coefficient (Wildman–Crippen LogP) is 4.74. The summed E-state index contributed by atoms with van der Waals surface area (Å²) in [4.78, 5) is 14.4. The summed E-state index contributed by atoms with van der Waals surface area (Å²) in [5.41, 5.74) is -0.460. The van der Waals surface area contributed by atoms with Crippen molar-refractivity contribution in [2.45, 2.75) is 79.1 Å². The SMILES string of the molecule is CC(C)CNCC1CN(C(=O)OC(C)(C)C)CC1CO[Si](C)(C)C(C)(C)C. The van der Waals surface area contributed by atoms with E-state index in [4.69, 9.17) is 9.16 Å². The summed E-state index contributed by atoms with van der Waals surface area (Å²) < 4.78 is 12.1. The zero-order valence-corrected chi connectivity index (χ0v) is 20.4. The maximum Gasteiger partial charge on any atom is 0.410 e. The van der Waals surface area contributed by atoms with Gasteiger partial charge >= 0.3 is 6.09 Å². The van der Waals surface area contributed by atoms with E-state index in [1.54, 1.807) is 0 Å². The van der Waals surface area contributed by atoms with Crippen molar-refractivity contribution < 1.29 is 14.0 Å². The van der Waals surface area contributed by atoms with Crippen LogP contribution < -0.4 is 5.32 Å². The second-order valence-electron chi connectivity index (χ2n) is 11.0. The van der Waals surface area contributed by atoms with Crippen molar-refractivity contribution >= 4 is 14.4 Å². The normalized spacial score (nSPS) is 21.8. The van der Waals surface area contributed by atoms with Crippen molar-refractivity contribution in [2.24, 2.45) is 17.8 Å². The highest BCUT2D eigenvalue weighted by molar-refractivity contribution is 6.74. The molecule has 1 aliphatic rings. The largest absolute Gasteiger partial charge is 0.444 e. The minimum absolute atomic E-state index is 0.196. The Morgan fingerprint density at radius 3 is 2.15 bits per heavy atom.